The zero-order valence-corrected chi connectivity index (χ0v) is 11.2. The minimum atomic E-state index is -0.432. The van der Waals surface area contributed by atoms with Gasteiger partial charge >= 0.3 is 5.69 Å². The van der Waals surface area contributed by atoms with Gasteiger partial charge in [0.05, 0.1) is 12.0 Å². The Kier molecular flexibility index (Phi) is 3.90. The molecule has 1 aromatic carbocycles. The Morgan fingerprint density at radius 2 is 2.26 bits per heavy atom. The number of hydrogen-bond donors (Lipinski definition) is 1. The normalized spacial score (nSPS) is 23.2. The van der Waals surface area contributed by atoms with Crippen LogP contribution in [0.2, 0.25) is 0 Å². The van der Waals surface area contributed by atoms with Gasteiger partial charge in [0.2, 0.25) is 0 Å². The van der Waals surface area contributed by atoms with E-state index in [0.29, 0.717) is 11.8 Å². The second-order valence-corrected chi connectivity index (χ2v) is 4.94. The molecule has 0 spiro atoms. The maximum atomic E-state index is 10.9. The highest BCUT2D eigenvalue weighted by Gasteiger charge is 2.25. The zero-order chi connectivity index (χ0) is 14.0. The highest BCUT2D eigenvalue weighted by atomic mass is 16.6. The summed E-state index contributed by atoms with van der Waals surface area (Å²) in [6, 6.07) is 5.57. The molecule has 19 heavy (non-hydrogen) atoms. The summed E-state index contributed by atoms with van der Waals surface area (Å²) in [7, 11) is 1.45. The fourth-order valence-corrected chi connectivity index (χ4v) is 2.59. The molecule has 2 atom stereocenters. The topological polar surface area (TPSA) is 81.6 Å². The molecule has 104 valence electrons. The number of methoxy groups -OCH3 is 1. The monoisotopic (exact) mass is 265 g/mol. The van der Waals surface area contributed by atoms with Crippen molar-refractivity contribution in [2.24, 2.45) is 5.73 Å². The summed E-state index contributed by atoms with van der Waals surface area (Å²) in [5, 5.41) is 10.9. The van der Waals surface area contributed by atoms with Gasteiger partial charge in [0.15, 0.2) is 5.75 Å². The van der Waals surface area contributed by atoms with Gasteiger partial charge in [0.1, 0.15) is 0 Å². The molecule has 0 aromatic heterocycles. The Labute approximate surface area is 112 Å². The molecule has 1 fully saturated rings. The lowest BCUT2D eigenvalue weighted by Crippen LogP contribution is -2.45. The number of anilines is 1. The second-order valence-electron chi connectivity index (χ2n) is 4.94. The molecule has 0 radical (unpaired) electrons. The van der Waals surface area contributed by atoms with Crippen LogP contribution in [0.25, 0.3) is 0 Å². The van der Waals surface area contributed by atoms with Crippen molar-refractivity contribution >= 4 is 11.4 Å². The van der Waals surface area contributed by atoms with Crippen LogP contribution >= 0.6 is 0 Å². The maximum absolute atomic E-state index is 10.9. The highest BCUT2D eigenvalue weighted by molar-refractivity contribution is 5.59. The van der Waals surface area contributed by atoms with Gasteiger partial charge in [-0.15, -0.1) is 0 Å². The third-order valence-corrected chi connectivity index (χ3v) is 3.61. The first kappa shape index (κ1) is 13.6. The smallest absolute Gasteiger partial charge is 0.311 e. The summed E-state index contributed by atoms with van der Waals surface area (Å²) in [6.07, 6.45) is 1.86. The van der Waals surface area contributed by atoms with Crippen LogP contribution in [0.4, 0.5) is 11.4 Å². The molecule has 2 unspecified atom stereocenters. The Morgan fingerprint density at radius 1 is 1.53 bits per heavy atom. The van der Waals surface area contributed by atoms with E-state index >= 15 is 0 Å². The number of rotatable bonds is 3. The van der Waals surface area contributed by atoms with Crippen LogP contribution in [0.3, 0.4) is 0 Å². The molecular formula is C13H19N3O3. The Morgan fingerprint density at radius 3 is 2.84 bits per heavy atom. The summed E-state index contributed by atoms with van der Waals surface area (Å²) < 4.78 is 5.10. The van der Waals surface area contributed by atoms with Crippen LogP contribution in [0, 0.1) is 10.1 Å². The molecular weight excluding hydrogens is 246 g/mol. The number of nitro benzene ring substituents is 1. The number of piperidine rings is 1. The molecule has 0 saturated carbocycles. The van der Waals surface area contributed by atoms with Crippen LogP contribution in [-0.4, -0.2) is 30.7 Å². The largest absolute Gasteiger partial charge is 0.490 e. The molecule has 0 aliphatic carbocycles. The number of nitro groups is 1. The third kappa shape index (κ3) is 2.78. The summed E-state index contributed by atoms with van der Waals surface area (Å²) >= 11 is 0. The average Bonchev–Trinajstić information content (AvgIpc) is 2.37. The van der Waals surface area contributed by atoms with Crippen molar-refractivity contribution in [2.75, 3.05) is 18.6 Å². The van der Waals surface area contributed by atoms with E-state index in [2.05, 4.69) is 11.8 Å². The van der Waals surface area contributed by atoms with E-state index in [1.807, 2.05) is 0 Å². The first-order valence-corrected chi connectivity index (χ1v) is 6.37. The molecule has 1 aliphatic heterocycles. The predicted octanol–water partition coefficient (Wildman–Crippen LogP) is 1.92. The lowest BCUT2D eigenvalue weighted by molar-refractivity contribution is -0.385. The number of benzene rings is 1. The molecule has 2 N–H and O–H groups in total. The predicted molar refractivity (Wildman–Crippen MR) is 73.7 cm³/mol. The second kappa shape index (κ2) is 5.44. The summed E-state index contributed by atoms with van der Waals surface area (Å²) in [5.41, 5.74) is 6.88. The third-order valence-electron chi connectivity index (χ3n) is 3.61. The summed E-state index contributed by atoms with van der Waals surface area (Å²) in [5.74, 6) is 0.296. The Balaban J connectivity index is 2.28. The van der Waals surface area contributed by atoms with Crippen molar-refractivity contribution in [3.8, 4) is 5.75 Å². The molecule has 6 heteroatoms. The van der Waals surface area contributed by atoms with Gasteiger partial charge in [-0.1, -0.05) is 0 Å². The van der Waals surface area contributed by atoms with Crippen molar-refractivity contribution in [1.82, 2.24) is 0 Å². The van der Waals surface area contributed by atoms with E-state index in [-0.39, 0.29) is 11.7 Å². The average molecular weight is 265 g/mol. The highest BCUT2D eigenvalue weighted by Crippen LogP contribution is 2.33. The van der Waals surface area contributed by atoms with E-state index < -0.39 is 4.92 Å². The van der Waals surface area contributed by atoms with Crippen LogP contribution < -0.4 is 15.4 Å². The zero-order valence-electron chi connectivity index (χ0n) is 11.2. The van der Waals surface area contributed by atoms with Crippen LogP contribution in [-0.2, 0) is 0 Å². The Bertz CT molecular complexity index is 478. The van der Waals surface area contributed by atoms with E-state index in [0.717, 1.165) is 25.1 Å². The first-order valence-electron chi connectivity index (χ1n) is 6.37. The van der Waals surface area contributed by atoms with Gasteiger partial charge in [0, 0.05) is 36.4 Å². The van der Waals surface area contributed by atoms with Gasteiger partial charge in [-0.3, -0.25) is 10.1 Å². The minimum Gasteiger partial charge on any atom is -0.490 e. The fraction of sp³-hybridized carbons (Fsp3) is 0.538. The van der Waals surface area contributed by atoms with Crippen molar-refractivity contribution < 1.29 is 9.66 Å². The van der Waals surface area contributed by atoms with E-state index in [9.17, 15) is 10.1 Å². The van der Waals surface area contributed by atoms with Gasteiger partial charge in [-0.25, -0.2) is 0 Å². The molecule has 1 aromatic rings. The Hall–Kier alpha value is -1.82. The quantitative estimate of drug-likeness (QED) is 0.667. The van der Waals surface area contributed by atoms with E-state index in [1.165, 1.54) is 13.2 Å². The van der Waals surface area contributed by atoms with Gasteiger partial charge in [0.25, 0.3) is 0 Å². The molecule has 1 saturated heterocycles. The van der Waals surface area contributed by atoms with Crippen LogP contribution in [0.1, 0.15) is 19.8 Å². The van der Waals surface area contributed by atoms with Crippen molar-refractivity contribution in [2.45, 2.75) is 31.8 Å². The fourth-order valence-electron chi connectivity index (χ4n) is 2.59. The van der Waals surface area contributed by atoms with Crippen LogP contribution in [0.15, 0.2) is 18.2 Å². The summed E-state index contributed by atoms with van der Waals surface area (Å²) in [6.45, 7) is 2.98. The number of nitrogens with zero attached hydrogens (tertiary/aromatic N) is 2. The van der Waals surface area contributed by atoms with E-state index in [4.69, 9.17) is 10.5 Å². The first-order chi connectivity index (χ1) is 9.02. The van der Waals surface area contributed by atoms with Crippen molar-refractivity contribution in [1.29, 1.82) is 0 Å². The number of hydrogen-bond acceptors (Lipinski definition) is 5. The number of nitrogens with two attached hydrogens (primary N) is 1. The van der Waals surface area contributed by atoms with Crippen molar-refractivity contribution in [3.05, 3.63) is 28.3 Å². The standard InChI is InChI=1S/C13H19N3O3/c1-9-7-10(14)5-6-15(9)11-3-4-12(16(17)18)13(8-11)19-2/h3-4,8-10H,5-7,14H2,1-2H3. The lowest BCUT2D eigenvalue weighted by atomic mass is 9.98. The van der Waals surface area contributed by atoms with Gasteiger partial charge < -0.3 is 15.4 Å². The van der Waals surface area contributed by atoms with E-state index in [1.54, 1.807) is 12.1 Å². The molecule has 1 heterocycles. The van der Waals surface area contributed by atoms with Gasteiger partial charge in [-0.2, -0.15) is 0 Å². The maximum Gasteiger partial charge on any atom is 0.311 e. The number of ether oxygens (including phenoxy) is 1. The minimum absolute atomic E-state index is 0.00684. The lowest BCUT2D eigenvalue weighted by Gasteiger charge is -2.38. The van der Waals surface area contributed by atoms with Crippen LogP contribution in [0.5, 0.6) is 5.75 Å². The SMILES string of the molecule is COc1cc(N2CCC(N)CC2C)ccc1[N+](=O)[O-]. The van der Waals surface area contributed by atoms with Crippen molar-refractivity contribution in [3.63, 3.8) is 0 Å². The molecule has 6 nitrogen and oxygen atoms in total. The molecule has 0 amide bonds. The van der Waals surface area contributed by atoms with Gasteiger partial charge in [-0.05, 0) is 25.8 Å². The molecule has 1 aliphatic rings. The molecule has 2 rings (SSSR count). The summed E-state index contributed by atoms with van der Waals surface area (Å²) in [4.78, 5) is 12.7. The molecule has 0 bridgehead atoms.